The van der Waals surface area contributed by atoms with Gasteiger partial charge in [0.15, 0.2) is 29.4 Å². The topological polar surface area (TPSA) is 431 Å². The molecule has 0 bridgehead atoms. The highest BCUT2D eigenvalue weighted by Gasteiger charge is 2.86. The minimum atomic E-state index is -1.87. The fourth-order valence-corrected chi connectivity index (χ4v) is 10.9. The van der Waals surface area contributed by atoms with E-state index in [-0.39, 0.29) is 47.2 Å². The quantitative estimate of drug-likeness (QED) is 0.0260. The zero-order chi connectivity index (χ0) is 54.5. The Hall–Kier alpha value is -5.15. The van der Waals surface area contributed by atoms with Crippen LogP contribution in [0.5, 0.6) is 0 Å². The van der Waals surface area contributed by atoms with Gasteiger partial charge in [-0.15, -0.1) is 5.10 Å². The molecule has 4 aliphatic carbocycles. The van der Waals surface area contributed by atoms with Gasteiger partial charge in [0.1, 0.15) is 77.6 Å². The van der Waals surface area contributed by atoms with Gasteiger partial charge in [0, 0.05) is 90.3 Å². The number of rotatable bonds is 18. The van der Waals surface area contributed by atoms with Crippen LogP contribution in [0, 0.1) is 5.92 Å². The maximum absolute atomic E-state index is 12.9. The molecule has 76 heavy (non-hydrogen) atoms. The Morgan fingerprint density at radius 3 is 2.39 bits per heavy atom. The van der Waals surface area contributed by atoms with Crippen molar-refractivity contribution in [3.05, 3.63) is 81.2 Å². The molecule has 1 aromatic heterocycles. The van der Waals surface area contributed by atoms with E-state index in [0.29, 0.717) is 78.4 Å². The number of amides is 1. The molecule has 4 fully saturated rings. The number of aliphatic hydroxyl groups excluding tert-OH is 9. The number of nitrogens with one attached hydrogen (secondary N) is 3. The highest BCUT2D eigenvalue weighted by molar-refractivity contribution is 7.80. The van der Waals surface area contributed by atoms with Gasteiger partial charge >= 0.3 is 0 Å². The van der Waals surface area contributed by atoms with Crippen molar-refractivity contribution in [2.75, 3.05) is 25.0 Å². The number of allylic oxidation sites excluding steroid dienone is 1. The summed E-state index contributed by atoms with van der Waals surface area (Å²) in [5.41, 5.74) is 18.8. The second kappa shape index (κ2) is 22.3. The monoisotopic (exact) mass is 1080 g/mol. The van der Waals surface area contributed by atoms with E-state index in [2.05, 4.69) is 26.3 Å². The Morgan fingerprint density at radius 2 is 1.68 bits per heavy atom. The van der Waals surface area contributed by atoms with Crippen LogP contribution in [0.1, 0.15) is 61.5 Å². The zero-order valence-corrected chi connectivity index (χ0v) is 42.0. The van der Waals surface area contributed by atoms with Crippen LogP contribution in [0.25, 0.3) is 28.5 Å². The van der Waals surface area contributed by atoms with Crippen molar-refractivity contribution in [2.45, 2.75) is 149 Å². The van der Waals surface area contributed by atoms with E-state index in [9.17, 15) is 60.7 Å². The first-order valence-corrected chi connectivity index (χ1v) is 25.4. The van der Waals surface area contributed by atoms with Crippen molar-refractivity contribution < 1.29 is 79.2 Å². The zero-order valence-electron chi connectivity index (χ0n) is 41.2. The summed E-state index contributed by atoms with van der Waals surface area (Å²) in [5.74, 6) is 0.184. The Bertz CT molecular complexity index is 2820. The van der Waals surface area contributed by atoms with Crippen LogP contribution in [0.4, 0.5) is 5.69 Å². The normalized spacial score (nSPS) is 33.9. The van der Waals surface area contributed by atoms with Crippen LogP contribution in [-0.4, -0.2) is 188 Å². The molecule has 4 heterocycles. The van der Waals surface area contributed by atoms with Crippen LogP contribution >= 0.6 is 12.2 Å². The summed E-state index contributed by atoms with van der Waals surface area (Å²) < 4.78 is 30.8. The van der Waals surface area contributed by atoms with Gasteiger partial charge in [-0.1, -0.05) is 18.2 Å². The van der Waals surface area contributed by atoms with Gasteiger partial charge in [0.2, 0.25) is 5.91 Å². The molecular weight excluding hydrogens is 1020 g/mol. The Morgan fingerprint density at radius 1 is 0.961 bits per heavy atom. The van der Waals surface area contributed by atoms with Gasteiger partial charge in [0.05, 0.1) is 18.1 Å². The number of aromatic nitrogens is 3. The van der Waals surface area contributed by atoms with E-state index in [4.69, 9.17) is 52.8 Å². The summed E-state index contributed by atoms with van der Waals surface area (Å²) >= 11 is 5.53. The van der Waals surface area contributed by atoms with Crippen LogP contribution in [0.15, 0.2) is 57.6 Å². The lowest BCUT2D eigenvalue weighted by atomic mass is 9.83. The molecule has 1 aromatic carbocycles. The number of ether oxygens (including phenoxy) is 4. The second-order valence-electron chi connectivity index (χ2n) is 20.3. The summed E-state index contributed by atoms with van der Waals surface area (Å²) in [6.45, 7) is 1.79. The van der Waals surface area contributed by atoms with E-state index >= 15 is 0 Å². The van der Waals surface area contributed by atoms with E-state index in [0.717, 1.165) is 5.56 Å². The van der Waals surface area contributed by atoms with Gasteiger partial charge in [-0.25, -0.2) is 0 Å². The van der Waals surface area contributed by atoms with Crippen molar-refractivity contribution in [2.24, 2.45) is 23.1 Å². The molecule has 3 aliphatic heterocycles. The number of thiocarbonyl (C=S) groups is 1. The van der Waals surface area contributed by atoms with Crippen LogP contribution in [-0.2, 0) is 43.1 Å². The van der Waals surface area contributed by atoms with Crippen LogP contribution in [0.3, 0.4) is 0 Å². The standard InChI is InChI=1S/C49H65N9O17S/c1-20-12-27-32(16-30(20)61)71-31-14-23(60)7-9-25(31)35(27)24-8-6-21(13-26(24)43(68)69)55-47(76)53-10-3-11-58-18-22(56-57-58)4-2-5-34(62)54-17-33-36(63)37(64)38(65)44(72-33)73-40-28(50)15-29(51)41(39(40)66)74-45-42(67)49(52)46(70)48(49,19-59)75-45/h6-9,13-14,16,18,20,28-29,33,36-46,59,61,63-70H,2-5,10-12,15,17,19,50-52H2,1H3,(H,54,62)(H2,53,55,76)/t20?,28?,29?,33?,36?,37?,38?,39?,40?,41-,42?,44?,45?,46?,48?,49?/m1/s1. The molecule has 27 heteroatoms. The molecule has 1 amide bonds. The number of nitrogens with zero attached hydrogens (tertiary/aromatic N) is 3. The first-order valence-electron chi connectivity index (χ1n) is 25.0. The Kier molecular flexibility index (Phi) is 16.3. The third-order valence-electron chi connectivity index (χ3n) is 15.1. The number of carbonyl (C=O) groups excluding carboxylic acids is 1. The van der Waals surface area contributed by atoms with Crippen molar-refractivity contribution in [1.82, 2.24) is 25.6 Å². The summed E-state index contributed by atoms with van der Waals surface area (Å²) in [7, 11) is 0. The number of aryl methyl sites for hydroxylation is 2. The largest absolute Gasteiger partial charge is 0.512 e. The highest BCUT2D eigenvalue weighted by Crippen LogP contribution is 2.58. The number of benzene rings is 2. The van der Waals surface area contributed by atoms with Crippen LogP contribution < -0.4 is 38.6 Å². The first-order chi connectivity index (χ1) is 36.1. The van der Waals surface area contributed by atoms with Gasteiger partial charge in [-0.2, -0.15) is 0 Å². The molecule has 2 saturated heterocycles. The maximum Gasteiger partial charge on any atom is 0.220 e. The minimum absolute atomic E-state index is 0.00133. The molecule has 26 nitrogen and oxygen atoms in total. The third kappa shape index (κ3) is 10.6. The van der Waals surface area contributed by atoms with Gasteiger partial charge in [-0.05, 0) is 74.2 Å². The molecule has 414 valence electrons. The van der Waals surface area contributed by atoms with Crippen LogP contribution in [0.2, 0.25) is 0 Å². The smallest absolute Gasteiger partial charge is 0.220 e. The molecule has 2 aromatic rings. The lowest BCUT2D eigenvalue weighted by Crippen LogP contribution is -2.67. The van der Waals surface area contributed by atoms with Crippen molar-refractivity contribution in [3.8, 4) is 22.5 Å². The number of nitrogens with two attached hydrogens (primary N) is 3. The van der Waals surface area contributed by atoms with Crippen molar-refractivity contribution >= 4 is 35.0 Å². The van der Waals surface area contributed by atoms with E-state index < -0.39 is 110 Å². The molecule has 16 atom stereocenters. The summed E-state index contributed by atoms with van der Waals surface area (Å²) in [5, 5.41) is 124. The average Bonchev–Trinajstić information content (AvgIpc) is 3.75. The molecular formula is C49H65N9O17S. The van der Waals surface area contributed by atoms with E-state index in [1.54, 1.807) is 35.1 Å². The molecule has 0 spiro atoms. The molecule has 7 aliphatic rings. The van der Waals surface area contributed by atoms with Gasteiger partial charge in [-0.3, -0.25) is 14.3 Å². The maximum atomic E-state index is 12.9. The summed E-state index contributed by atoms with van der Waals surface area (Å²) in [6.07, 6.45) is -13.6. The molecule has 0 radical (unpaired) electrons. The molecule has 19 N–H and O–H groups in total. The molecule has 2 saturated carbocycles. The van der Waals surface area contributed by atoms with Crippen molar-refractivity contribution in [1.29, 1.82) is 0 Å². The Balaban J connectivity index is 0.708. The van der Waals surface area contributed by atoms with Gasteiger partial charge in [0.25, 0.3) is 0 Å². The molecule has 15 unspecified atom stereocenters. The Labute approximate surface area is 439 Å². The number of hydrogen-bond acceptors (Lipinski definition) is 23. The predicted octanol–water partition coefficient (Wildman–Crippen LogP) is -3.59. The predicted molar refractivity (Wildman–Crippen MR) is 269 cm³/mol. The number of fused-ring (bicyclic) bond motifs is 3. The summed E-state index contributed by atoms with van der Waals surface area (Å²) in [6, 6.07) is 7.59. The number of aliphatic hydroxyl groups is 10. The SMILES string of the molecule is CC1Cc2c(oc3cc(=O)ccc-3c2-c2ccc(NC(=S)NCCCn3cc(CCCC(=O)NCC4OC(OC5C(N)CC(N)[C@@H](OC6OC7(CO)C(O)C7(N)C6O)C5O)C(O)C(O)C4O)nn3)cc2C(O)O)C=C1O. The minimum Gasteiger partial charge on any atom is -0.512 e. The average molecular weight is 1080 g/mol. The summed E-state index contributed by atoms with van der Waals surface area (Å²) in [4.78, 5) is 25.1. The van der Waals surface area contributed by atoms with Gasteiger partial charge < -0.3 is 108 Å². The number of hydrogen-bond donors (Lipinski definition) is 16. The van der Waals surface area contributed by atoms with Crippen molar-refractivity contribution in [3.63, 3.8) is 0 Å². The fourth-order valence-electron chi connectivity index (χ4n) is 10.7. The lowest BCUT2D eigenvalue weighted by Gasteiger charge is -2.46. The number of anilines is 1. The second-order valence-corrected chi connectivity index (χ2v) is 20.7. The molecule has 9 rings (SSSR count). The van der Waals surface area contributed by atoms with E-state index in [1.165, 1.54) is 18.2 Å². The van der Waals surface area contributed by atoms with E-state index in [1.807, 2.05) is 6.92 Å². The fraction of sp³-hybridized carbons (Fsp3) is 0.571. The third-order valence-corrected chi connectivity index (χ3v) is 15.4. The lowest BCUT2D eigenvalue weighted by molar-refractivity contribution is -0.325. The number of carbonyl (C=O) groups is 1. The first kappa shape index (κ1) is 55.6. The highest BCUT2D eigenvalue weighted by atomic mass is 32.1.